The first kappa shape index (κ1) is 22.0. The zero-order valence-corrected chi connectivity index (χ0v) is 21.7. The Bertz CT molecular complexity index is 1660. The van der Waals surface area contributed by atoms with E-state index in [9.17, 15) is 0 Å². The highest BCUT2D eigenvalue weighted by atomic mass is 15.2. The quantitative estimate of drug-likeness (QED) is 0.355. The van der Waals surface area contributed by atoms with Crippen molar-refractivity contribution in [1.82, 2.24) is 4.57 Å². The fraction of sp³-hybridized carbons (Fsp3) is 0.222. The van der Waals surface area contributed by atoms with E-state index in [2.05, 4.69) is 119 Å². The third-order valence-corrected chi connectivity index (χ3v) is 9.04. The molecule has 0 radical (unpaired) electrons. The van der Waals surface area contributed by atoms with Crippen molar-refractivity contribution >= 4 is 28.4 Å². The van der Waals surface area contributed by atoms with Crippen LogP contribution < -0.4 is 4.90 Å². The maximum absolute atomic E-state index is 2.60. The molecule has 2 nitrogen and oxygen atoms in total. The van der Waals surface area contributed by atoms with E-state index in [1.54, 1.807) is 5.57 Å². The molecule has 0 bridgehead atoms. The largest absolute Gasteiger partial charge is 0.337 e. The molecule has 2 unspecified atom stereocenters. The fourth-order valence-electron chi connectivity index (χ4n) is 7.35. The third-order valence-electron chi connectivity index (χ3n) is 9.04. The highest BCUT2D eigenvalue weighted by Gasteiger charge is 2.40. The second-order valence-electron chi connectivity index (χ2n) is 11.1. The molecule has 0 saturated heterocycles. The minimum Gasteiger partial charge on any atom is -0.337 e. The van der Waals surface area contributed by atoms with Crippen LogP contribution in [0, 0.1) is 5.92 Å². The second kappa shape index (κ2) is 8.77. The maximum atomic E-state index is 2.60. The smallest absolute Gasteiger partial charge is 0.0626 e. The van der Waals surface area contributed by atoms with Gasteiger partial charge in [-0.05, 0) is 85.6 Å². The predicted octanol–water partition coefficient (Wildman–Crippen LogP) is 8.77. The number of allylic oxidation sites excluding steroid dienone is 10. The highest BCUT2D eigenvalue weighted by Crippen LogP contribution is 2.48. The number of rotatable bonds is 3. The Hall–Kier alpha value is -4.04. The normalized spacial score (nSPS) is 23.7. The van der Waals surface area contributed by atoms with Crippen LogP contribution in [-0.2, 0) is 6.42 Å². The minimum absolute atomic E-state index is 0.380. The highest BCUT2D eigenvalue weighted by molar-refractivity contribution is 5.95. The van der Waals surface area contributed by atoms with Gasteiger partial charge in [-0.25, -0.2) is 0 Å². The van der Waals surface area contributed by atoms with Crippen LogP contribution in [0.5, 0.6) is 0 Å². The zero-order chi connectivity index (χ0) is 25.1. The van der Waals surface area contributed by atoms with Crippen LogP contribution in [0.25, 0.3) is 22.7 Å². The first-order chi connectivity index (χ1) is 18.9. The van der Waals surface area contributed by atoms with E-state index >= 15 is 0 Å². The molecule has 0 fully saturated rings. The molecular formula is C36H32N2. The molecule has 38 heavy (non-hydrogen) atoms. The summed E-state index contributed by atoms with van der Waals surface area (Å²) in [7, 11) is 0. The molecule has 2 heterocycles. The van der Waals surface area contributed by atoms with Crippen LogP contribution in [0.2, 0.25) is 0 Å². The van der Waals surface area contributed by atoms with Gasteiger partial charge < -0.3 is 9.47 Å². The minimum atomic E-state index is 0.380. The lowest BCUT2D eigenvalue weighted by Gasteiger charge is -2.31. The number of anilines is 1. The SMILES string of the molecule is C1=CCCC(n2c3c(c4ccccc42)C=C(C2=CC4=C(CC2)N(c2ccccc2)C2C=CC=CC42)CC3)=C1. The lowest BCUT2D eigenvalue weighted by atomic mass is 9.82. The molecule has 0 saturated carbocycles. The molecule has 4 aliphatic carbocycles. The van der Waals surface area contributed by atoms with Crippen molar-refractivity contribution in [2.45, 2.75) is 44.6 Å². The molecule has 1 aliphatic heterocycles. The summed E-state index contributed by atoms with van der Waals surface area (Å²) in [4.78, 5) is 2.60. The molecule has 0 spiro atoms. The summed E-state index contributed by atoms with van der Waals surface area (Å²) < 4.78 is 2.57. The summed E-state index contributed by atoms with van der Waals surface area (Å²) in [5, 5.41) is 1.39. The number of hydrogen-bond donors (Lipinski definition) is 0. The van der Waals surface area contributed by atoms with E-state index in [0.717, 1.165) is 38.5 Å². The van der Waals surface area contributed by atoms with Crippen molar-refractivity contribution in [2.75, 3.05) is 4.90 Å². The first-order valence-electron chi connectivity index (χ1n) is 14.2. The fourth-order valence-corrected chi connectivity index (χ4v) is 7.35. The van der Waals surface area contributed by atoms with Crippen LogP contribution >= 0.6 is 0 Å². The Morgan fingerprint density at radius 1 is 0.711 bits per heavy atom. The summed E-state index contributed by atoms with van der Waals surface area (Å²) in [5.41, 5.74) is 13.1. The van der Waals surface area contributed by atoms with Crippen LogP contribution in [0.3, 0.4) is 0 Å². The molecule has 8 rings (SSSR count). The summed E-state index contributed by atoms with van der Waals surface area (Å²) in [6.45, 7) is 0. The molecule has 1 aromatic heterocycles. The molecular weight excluding hydrogens is 460 g/mol. The maximum Gasteiger partial charge on any atom is 0.0626 e. The Balaban J connectivity index is 1.22. The van der Waals surface area contributed by atoms with Gasteiger partial charge >= 0.3 is 0 Å². The van der Waals surface area contributed by atoms with Gasteiger partial charge in [-0.3, -0.25) is 0 Å². The molecule has 2 heteroatoms. The molecule has 186 valence electrons. The number of para-hydroxylation sites is 2. The van der Waals surface area contributed by atoms with E-state index in [0.29, 0.717) is 12.0 Å². The van der Waals surface area contributed by atoms with Gasteiger partial charge in [0.25, 0.3) is 0 Å². The summed E-state index contributed by atoms with van der Waals surface area (Å²) >= 11 is 0. The third kappa shape index (κ3) is 3.33. The van der Waals surface area contributed by atoms with Crippen molar-refractivity contribution in [1.29, 1.82) is 0 Å². The number of nitrogens with zero attached hydrogens (tertiary/aromatic N) is 2. The zero-order valence-electron chi connectivity index (χ0n) is 21.7. The van der Waals surface area contributed by atoms with Gasteiger partial charge in [-0.2, -0.15) is 0 Å². The molecule has 2 aromatic carbocycles. The Morgan fingerprint density at radius 3 is 2.42 bits per heavy atom. The van der Waals surface area contributed by atoms with E-state index in [1.807, 2.05) is 0 Å². The van der Waals surface area contributed by atoms with Gasteiger partial charge in [0.1, 0.15) is 0 Å². The van der Waals surface area contributed by atoms with Gasteiger partial charge in [0.2, 0.25) is 0 Å². The standard InChI is InChI=1S/C36H32N2/c1-3-11-27(12-4-1)37-33-17-9-7-15-29(33)31-23-25(19-21-35(31)37)26-20-22-36-32(24-26)30-16-8-10-18-34(30)38(36)28-13-5-2-6-14-28/h1-5,7-13,15-18,23-24,29,33H,6,14,19-22H2. The number of fused-ring (bicyclic) bond motifs is 5. The Labute approximate surface area is 225 Å². The number of hydrogen-bond acceptors (Lipinski definition) is 1. The van der Waals surface area contributed by atoms with Crippen LogP contribution in [-0.4, -0.2) is 10.6 Å². The van der Waals surface area contributed by atoms with Crippen molar-refractivity contribution in [2.24, 2.45) is 5.92 Å². The van der Waals surface area contributed by atoms with Crippen LogP contribution in [0.4, 0.5) is 5.69 Å². The summed E-state index contributed by atoms with van der Waals surface area (Å²) in [5.74, 6) is 0.429. The summed E-state index contributed by atoms with van der Waals surface area (Å²) in [6.07, 6.45) is 27.9. The lowest BCUT2D eigenvalue weighted by Crippen LogP contribution is -2.32. The van der Waals surface area contributed by atoms with Crippen LogP contribution in [0.15, 0.2) is 126 Å². The molecule has 2 atom stereocenters. The van der Waals surface area contributed by atoms with Gasteiger partial charge in [0.15, 0.2) is 0 Å². The topological polar surface area (TPSA) is 8.17 Å². The van der Waals surface area contributed by atoms with Crippen molar-refractivity contribution in [3.63, 3.8) is 0 Å². The predicted molar refractivity (Wildman–Crippen MR) is 160 cm³/mol. The number of aromatic nitrogens is 1. The van der Waals surface area contributed by atoms with Gasteiger partial charge in [0.05, 0.1) is 11.6 Å². The molecule has 0 N–H and O–H groups in total. The van der Waals surface area contributed by atoms with Crippen molar-refractivity contribution in [3.8, 4) is 0 Å². The Morgan fingerprint density at radius 2 is 1.53 bits per heavy atom. The van der Waals surface area contributed by atoms with Crippen LogP contribution in [0.1, 0.15) is 43.4 Å². The average molecular weight is 493 g/mol. The second-order valence-corrected chi connectivity index (χ2v) is 11.1. The van der Waals surface area contributed by atoms with E-state index < -0.39 is 0 Å². The number of benzene rings is 2. The Kier molecular flexibility index (Phi) is 5.07. The van der Waals surface area contributed by atoms with E-state index in [-0.39, 0.29) is 0 Å². The monoisotopic (exact) mass is 492 g/mol. The van der Waals surface area contributed by atoms with Gasteiger partial charge in [0, 0.05) is 39.6 Å². The average Bonchev–Trinajstić information content (AvgIpc) is 3.50. The van der Waals surface area contributed by atoms with Gasteiger partial charge in [-0.15, -0.1) is 0 Å². The molecule has 5 aliphatic rings. The van der Waals surface area contributed by atoms with Crippen molar-refractivity contribution in [3.05, 3.63) is 137 Å². The molecule has 3 aromatic rings. The lowest BCUT2D eigenvalue weighted by molar-refractivity contribution is 0.681. The molecule has 0 amide bonds. The van der Waals surface area contributed by atoms with Gasteiger partial charge in [-0.1, -0.05) is 78.9 Å². The first-order valence-corrected chi connectivity index (χ1v) is 14.2. The van der Waals surface area contributed by atoms with E-state index in [4.69, 9.17) is 0 Å². The summed E-state index contributed by atoms with van der Waals surface area (Å²) in [6, 6.07) is 20.3. The van der Waals surface area contributed by atoms with E-state index in [1.165, 1.54) is 50.4 Å². The van der Waals surface area contributed by atoms with Crippen molar-refractivity contribution < 1.29 is 0 Å².